The van der Waals surface area contributed by atoms with Gasteiger partial charge in [-0.05, 0) is 19.8 Å². The van der Waals surface area contributed by atoms with Crippen molar-refractivity contribution in [1.29, 1.82) is 0 Å². The van der Waals surface area contributed by atoms with Gasteiger partial charge in [0.1, 0.15) is 5.69 Å². The van der Waals surface area contributed by atoms with Crippen molar-refractivity contribution >= 4 is 11.9 Å². The molecule has 2 aromatic heterocycles. The minimum absolute atomic E-state index is 0.114. The molecule has 0 aliphatic carbocycles. The molecule has 8 heteroatoms. The van der Waals surface area contributed by atoms with E-state index in [1.807, 2.05) is 4.90 Å². The lowest BCUT2D eigenvalue weighted by Crippen LogP contribution is -2.45. The van der Waals surface area contributed by atoms with E-state index in [1.54, 1.807) is 6.92 Å². The Morgan fingerprint density at radius 3 is 2.82 bits per heavy atom. The maximum Gasteiger partial charge on any atom is 0.269 e. The van der Waals surface area contributed by atoms with Crippen molar-refractivity contribution in [3.8, 4) is 0 Å². The van der Waals surface area contributed by atoms with E-state index in [-0.39, 0.29) is 17.5 Å². The summed E-state index contributed by atoms with van der Waals surface area (Å²) in [5.41, 5.74) is 1.03. The van der Waals surface area contributed by atoms with Crippen LogP contribution in [0.1, 0.15) is 29.0 Å². The van der Waals surface area contributed by atoms with Gasteiger partial charge >= 0.3 is 0 Å². The second-order valence-corrected chi connectivity index (χ2v) is 5.41. The van der Waals surface area contributed by atoms with E-state index in [4.69, 9.17) is 0 Å². The molecule has 116 valence electrons. The molecule has 22 heavy (non-hydrogen) atoms. The van der Waals surface area contributed by atoms with E-state index in [0.29, 0.717) is 17.3 Å². The summed E-state index contributed by atoms with van der Waals surface area (Å²) in [4.78, 5) is 39.2. The summed E-state index contributed by atoms with van der Waals surface area (Å²) in [6, 6.07) is 1.59. The van der Waals surface area contributed by atoms with E-state index in [1.165, 1.54) is 18.6 Å². The first kappa shape index (κ1) is 14.3. The van der Waals surface area contributed by atoms with Crippen molar-refractivity contribution in [2.75, 3.05) is 18.0 Å². The average Bonchev–Trinajstić information content (AvgIpc) is 3.01. The van der Waals surface area contributed by atoms with Gasteiger partial charge in [-0.1, -0.05) is 0 Å². The molecule has 1 aliphatic rings. The maximum atomic E-state index is 12.0. The number of aromatic amines is 2. The number of nitrogens with one attached hydrogen (secondary N) is 3. The Kier molecular flexibility index (Phi) is 3.90. The third-order valence-electron chi connectivity index (χ3n) is 3.73. The predicted octanol–water partition coefficient (Wildman–Crippen LogP) is 0.200. The standard InChI is InChI=1S/C14H18N6O2/c1-9-6-12(21)19-14(17-9)20-4-2-10(3-5-20)18-13(22)11-7-15-8-16-11/h6-8,10H,2-5H2,1H3,(H,15,16)(H,18,22)(H,17,19,21). The fourth-order valence-electron chi connectivity index (χ4n) is 2.59. The molecular weight excluding hydrogens is 284 g/mol. The first-order valence-electron chi connectivity index (χ1n) is 7.24. The Hall–Kier alpha value is -2.64. The van der Waals surface area contributed by atoms with Gasteiger partial charge in [0.2, 0.25) is 5.95 Å². The molecule has 1 fully saturated rings. The summed E-state index contributed by atoms with van der Waals surface area (Å²) < 4.78 is 0. The molecule has 2 aromatic rings. The van der Waals surface area contributed by atoms with Gasteiger partial charge in [-0.25, -0.2) is 9.97 Å². The zero-order chi connectivity index (χ0) is 15.5. The topological polar surface area (TPSA) is 107 Å². The molecule has 3 N–H and O–H groups in total. The molecule has 8 nitrogen and oxygen atoms in total. The van der Waals surface area contributed by atoms with Crippen molar-refractivity contribution in [3.05, 3.63) is 40.3 Å². The molecule has 1 amide bonds. The Morgan fingerprint density at radius 1 is 1.41 bits per heavy atom. The molecule has 0 unspecified atom stereocenters. The average molecular weight is 302 g/mol. The molecule has 0 bridgehead atoms. The second kappa shape index (κ2) is 6.00. The third kappa shape index (κ3) is 3.16. The van der Waals surface area contributed by atoms with Gasteiger partial charge in [-0.2, -0.15) is 0 Å². The number of H-pyrrole nitrogens is 2. The molecule has 0 atom stereocenters. The summed E-state index contributed by atoms with van der Waals surface area (Å²) >= 11 is 0. The zero-order valence-corrected chi connectivity index (χ0v) is 12.3. The molecule has 0 aromatic carbocycles. The lowest BCUT2D eigenvalue weighted by molar-refractivity contribution is 0.0926. The van der Waals surface area contributed by atoms with E-state index >= 15 is 0 Å². The SMILES string of the molecule is Cc1cc(=O)[nH]c(N2CCC(NC(=O)c3cnc[nH]3)CC2)n1. The van der Waals surface area contributed by atoms with Crippen LogP contribution in [-0.2, 0) is 0 Å². The monoisotopic (exact) mass is 302 g/mol. The number of aryl methyl sites for hydroxylation is 1. The number of imidazole rings is 1. The minimum Gasteiger partial charge on any atom is -0.348 e. The second-order valence-electron chi connectivity index (χ2n) is 5.41. The lowest BCUT2D eigenvalue weighted by atomic mass is 10.1. The van der Waals surface area contributed by atoms with Crippen molar-refractivity contribution in [3.63, 3.8) is 0 Å². The number of hydrogen-bond donors (Lipinski definition) is 3. The number of nitrogens with zero attached hydrogens (tertiary/aromatic N) is 3. The van der Waals surface area contributed by atoms with Crippen LogP contribution >= 0.6 is 0 Å². The van der Waals surface area contributed by atoms with Crippen LogP contribution in [-0.4, -0.2) is 45.0 Å². The smallest absolute Gasteiger partial charge is 0.269 e. The zero-order valence-electron chi connectivity index (χ0n) is 12.3. The van der Waals surface area contributed by atoms with Crippen molar-refractivity contribution < 1.29 is 4.79 Å². The Balaban J connectivity index is 1.58. The van der Waals surface area contributed by atoms with Crippen molar-refractivity contribution in [1.82, 2.24) is 25.3 Å². The molecule has 3 rings (SSSR count). The number of carbonyl (C=O) groups is 1. The first-order chi connectivity index (χ1) is 10.6. The molecule has 0 saturated carbocycles. The van der Waals surface area contributed by atoms with Crippen LogP contribution in [0.5, 0.6) is 0 Å². The Labute approximate surface area is 127 Å². The van der Waals surface area contributed by atoms with Crippen LogP contribution < -0.4 is 15.8 Å². The molecular formula is C14H18N6O2. The van der Waals surface area contributed by atoms with Gasteiger partial charge in [0.05, 0.1) is 12.5 Å². The number of carbonyl (C=O) groups excluding carboxylic acids is 1. The number of anilines is 1. The molecule has 0 radical (unpaired) electrons. The largest absolute Gasteiger partial charge is 0.348 e. The van der Waals surface area contributed by atoms with Gasteiger partial charge in [0, 0.05) is 30.9 Å². The predicted molar refractivity (Wildman–Crippen MR) is 80.9 cm³/mol. The summed E-state index contributed by atoms with van der Waals surface area (Å²) in [5, 5.41) is 2.99. The summed E-state index contributed by atoms with van der Waals surface area (Å²) in [5.74, 6) is 0.460. The van der Waals surface area contributed by atoms with E-state index in [9.17, 15) is 9.59 Å². The maximum absolute atomic E-state index is 12.0. The number of amides is 1. The first-order valence-corrected chi connectivity index (χ1v) is 7.24. The highest BCUT2D eigenvalue weighted by Crippen LogP contribution is 2.15. The van der Waals surface area contributed by atoms with Crippen LogP contribution in [0, 0.1) is 6.92 Å². The Morgan fingerprint density at radius 2 is 2.18 bits per heavy atom. The Bertz CT molecular complexity index is 700. The van der Waals surface area contributed by atoms with Gasteiger partial charge in [-0.3, -0.25) is 14.6 Å². The minimum atomic E-state index is -0.142. The van der Waals surface area contributed by atoms with Crippen LogP contribution in [0.3, 0.4) is 0 Å². The fourth-order valence-corrected chi connectivity index (χ4v) is 2.59. The van der Waals surface area contributed by atoms with Gasteiger partial charge < -0.3 is 15.2 Å². The highest BCUT2D eigenvalue weighted by Gasteiger charge is 2.22. The number of hydrogen-bond acceptors (Lipinski definition) is 5. The van der Waals surface area contributed by atoms with Crippen LogP contribution in [0.2, 0.25) is 0 Å². The van der Waals surface area contributed by atoms with Crippen LogP contribution in [0.15, 0.2) is 23.4 Å². The molecule has 1 aliphatic heterocycles. The molecule has 1 saturated heterocycles. The van der Waals surface area contributed by atoms with Gasteiger partial charge in [0.15, 0.2) is 0 Å². The quantitative estimate of drug-likeness (QED) is 0.751. The van der Waals surface area contributed by atoms with E-state index in [0.717, 1.165) is 25.9 Å². The van der Waals surface area contributed by atoms with Crippen LogP contribution in [0.25, 0.3) is 0 Å². The summed E-state index contributed by atoms with van der Waals surface area (Å²) in [6.07, 6.45) is 4.60. The van der Waals surface area contributed by atoms with Gasteiger partial charge in [0.25, 0.3) is 11.5 Å². The van der Waals surface area contributed by atoms with Gasteiger partial charge in [-0.15, -0.1) is 0 Å². The normalized spacial score (nSPS) is 15.8. The highest BCUT2D eigenvalue weighted by atomic mass is 16.2. The lowest BCUT2D eigenvalue weighted by Gasteiger charge is -2.32. The number of aromatic nitrogens is 4. The number of piperidine rings is 1. The van der Waals surface area contributed by atoms with Crippen LogP contribution in [0.4, 0.5) is 5.95 Å². The summed E-state index contributed by atoms with van der Waals surface area (Å²) in [7, 11) is 0. The molecule has 0 spiro atoms. The number of rotatable bonds is 3. The fraction of sp³-hybridized carbons (Fsp3) is 0.429. The van der Waals surface area contributed by atoms with Crippen molar-refractivity contribution in [2.45, 2.75) is 25.8 Å². The van der Waals surface area contributed by atoms with Crippen molar-refractivity contribution in [2.24, 2.45) is 0 Å². The van der Waals surface area contributed by atoms with E-state index < -0.39 is 0 Å². The highest BCUT2D eigenvalue weighted by molar-refractivity contribution is 5.92. The van der Waals surface area contributed by atoms with E-state index in [2.05, 4.69) is 25.3 Å². The molecule has 3 heterocycles. The summed E-state index contributed by atoms with van der Waals surface area (Å²) in [6.45, 7) is 3.27. The third-order valence-corrected chi connectivity index (χ3v) is 3.73.